The molecule has 0 radical (unpaired) electrons. The second-order valence-corrected chi connectivity index (χ2v) is 4.90. The molecule has 1 saturated carbocycles. The summed E-state index contributed by atoms with van der Waals surface area (Å²) in [5.74, 6) is 1.31. The van der Waals surface area contributed by atoms with Crippen molar-refractivity contribution in [3.8, 4) is 0 Å². The SMILES string of the molecule is CC(N)c1nnc(N(CC2CC2)C(C)C)o1. The highest BCUT2D eigenvalue weighted by molar-refractivity contribution is 5.26. The summed E-state index contributed by atoms with van der Waals surface area (Å²) in [6.07, 6.45) is 2.63. The Morgan fingerprint density at radius 3 is 2.50 bits per heavy atom. The first-order chi connectivity index (χ1) is 7.58. The highest BCUT2D eigenvalue weighted by atomic mass is 16.4. The van der Waals surface area contributed by atoms with Crippen LogP contribution in [0, 0.1) is 5.92 Å². The van der Waals surface area contributed by atoms with E-state index in [2.05, 4.69) is 28.9 Å². The fraction of sp³-hybridized carbons (Fsp3) is 0.818. The second kappa shape index (κ2) is 4.41. The van der Waals surface area contributed by atoms with E-state index in [0.717, 1.165) is 12.5 Å². The largest absolute Gasteiger partial charge is 0.406 e. The van der Waals surface area contributed by atoms with E-state index in [1.807, 2.05) is 6.92 Å². The first kappa shape index (κ1) is 11.4. The van der Waals surface area contributed by atoms with Crippen molar-refractivity contribution in [1.82, 2.24) is 10.2 Å². The maximum atomic E-state index is 5.70. The molecule has 0 bridgehead atoms. The molecular formula is C11H20N4O. The van der Waals surface area contributed by atoms with Crippen LogP contribution in [0.1, 0.15) is 45.5 Å². The molecule has 1 aromatic heterocycles. The number of nitrogens with zero attached hydrogens (tertiary/aromatic N) is 3. The molecular weight excluding hydrogens is 204 g/mol. The highest BCUT2D eigenvalue weighted by Crippen LogP contribution is 2.32. The summed E-state index contributed by atoms with van der Waals surface area (Å²) in [5, 5.41) is 8.03. The summed E-state index contributed by atoms with van der Waals surface area (Å²) >= 11 is 0. The molecule has 0 aromatic carbocycles. The van der Waals surface area contributed by atoms with Crippen molar-refractivity contribution in [3.05, 3.63) is 5.89 Å². The quantitative estimate of drug-likeness (QED) is 0.824. The van der Waals surface area contributed by atoms with Gasteiger partial charge >= 0.3 is 6.01 Å². The molecule has 1 unspecified atom stereocenters. The van der Waals surface area contributed by atoms with Crippen LogP contribution < -0.4 is 10.6 Å². The van der Waals surface area contributed by atoms with Crippen LogP contribution >= 0.6 is 0 Å². The zero-order chi connectivity index (χ0) is 11.7. The van der Waals surface area contributed by atoms with Crippen molar-refractivity contribution in [3.63, 3.8) is 0 Å². The Labute approximate surface area is 96.0 Å². The van der Waals surface area contributed by atoms with Gasteiger partial charge in [-0.2, -0.15) is 0 Å². The smallest absolute Gasteiger partial charge is 0.318 e. The van der Waals surface area contributed by atoms with Gasteiger partial charge in [-0.15, -0.1) is 5.10 Å². The average molecular weight is 224 g/mol. The maximum Gasteiger partial charge on any atom is 0.318 e. The molecule has 2 rings (SSSR count). The summed E-state index contributed by atoms with van der Waals surface area (Å²) < 4.78 is 5.58. The van der Waals surface area contributed by atoms with Gasteiger partial charge < -0.3 is 15.1 Å². The van der Waals surface area contributed by atoms with Crippen molar-refractivity contribution in [1.29, 1.82) is 0 Å². The lowest BCUT2D eigenvalue weighted by Crippen LogP contribution is -2.33. The van der Waals surface area contributed by atoms with Gasteiger partial charge in [0.15, 0.2) is 0 Å². The van der Waals surface area contributed by atoms with Gasteiger partial charge in [0.25, 0.3) is 0 Å². The van der Waals surface area contributed by atoms with Crippen LogP contribution in [0.4, 0.5) is 6.01 Å². The number of aromatic nitrogens is 2. The van der Waals surface area contributed by atoms with Crippen molar-refractivity contribution < 1.29 is 4.42 Å². The van der Waals surface area contributed by atoms with E-state index in [1.165, 1.54) is 12.8 Å². The summed E-state index contributed by atoms with van der Waals surface area (Å²) in [6, 6.07) is 0.785. The molecule has 0 spiro atoms. The summed E-state index contributed by atoms with van der Waals surface area (Å²) in [7, 11) is 0. The molecule has 16 heavy (non-hydrogen) atoms. The van der Waals surface area contributed by atoms with Crippen LogP contribution in [-0.2, 0) is 0 Å². The summed E-state index contributed by atoms with van der Waals surface area (Å²) in [6.45, 7) is 7.13. The van der Waals surface area contributed by atoms with E-state index in [4.69, 9.17) is 10.2 Å². The van der Waals surface area contributed by atoms with Gasteiger partial charge in [0, 0.05) is 12.6 Å². The molecule has 5 nitrogen and oxygen atoms in total. The van der Waals surface area contributed by atoms with E-state index < -0.39 is 0 Å². The number of hydrogen-bond acceptors (Lipinski definition) is 5. The third-order valence-electron chi connectivity index (χ3n) is 2.84. The van der Waals surface area contributed by atoms with Gasteiger partial charge in [0.2, 0.25) is 5.89 Å². The van der Waals surface area contributed by atoms with Gasteiger partial charge in [-0.3, -0.25) is 0 Å². The summed E-state index contributed by atoms with van der Waals surface area (Å²) in [5.41, 5.74) is 5.70. The average Bonchev–Trinajstić information content (AvgIpc) is 2.89. The van der Waals surface area contributed by atoms with Crippen LogP contribution in [0.15, 0.2) is 4.42 Å². The summed E-state index contributed by atoms with van der Waals surface area (Å²) in [4.78, 5) is 2.16. The van der Waals surface area contributed by atoms with E-state index in [1.54, 1.807) is 0 Å². The Morgan fingerprint density at radius 1 is 1.38 bits per heavy atom. The first-order valence-corrected chi connectivity index (χ1v) is 5.93. The van der Waals surface area contributed by atoms with Crippen LogP contribution in [0.25, 0.3) is 0 Å². The van der Waals surface area contributed by atoms with E-state index >= 15 is 0 Å². The first-order valence-electron chi connectivity index (χ1n) is 5.93. The van der Waals surface area contributed by atoms with Crippen molar-refractivity contribution in [2.24, 2.45) is 11.7 Å². The minimum absolute atomic E-state index is 0.198. The monoisotopic (exact) mass is 224 g/mol. The standard InChI is InChI=1S/C11H20N4O/c1-7(2)15(6-9-4-5-9)11-14-13-10(16-11)8(3)12/h7-9H,4-6,12H2,1-3H3. The normalized spacial score (nSPS) is 17.8. The van der Waals surface area contributed by atoms with Crippen molar-refractivity contribution in [2.75, 3.05) is 11.4 Å². The fourth-order valence-corrected chi connectivity index (χ4v) is 1.61. The Hall–Kier alpha value is -1.10. The Bertz CT molecular complexity index is 344. The molecule has 1 fully saturated rings. The van der Waals surface area contributed by atoms with Gasteiger partial charge in [-0.05, 0) is 39.5 Å². The third-order valence-corrected chi connectivity index (χ3v) is 2.84. The van der Waals surface area contributed by atoms with Gasteiger partial charge in [-0.1, -0.05) is 5.10 Å². The minimum Gasteiger partial charge on any atom is -0.406 e. The molecule has 1 aromatic rings. The molecule has 0 saturated heterocycles. The number of rotatable bonds is 5. The topological polar surface area (TPSA) is 68.2 Å². The Morgan fingerprint density at radius 2 is 2.06 bits per heavy atom. The second-order valence-electron chi connectivity index (χ2n) is 4.90. The van der Waals surface area contributed by atoms with Gasteiger partial charge in [-0.25, -0.2) is 0 Å². The van der Waals surface area contributed by atoms with Crippen LogP contribution in [0.5, 0.6) is 0 Å². The van der Waals surface area contributed by atoms with Crippen LogP contribution in [0.3, 0.4) is 0 Å². The van der Waals surface area contributed by atoms with Crippen LogP contribution in [-0.4, -0.2) is 22.8 Å². The molecule has 0 aliphatic heterocycles. The van der Waals surface area contributed by atoms with E-state index in [9.17, 15) is 0 Å². The molecule has 2 N–H and O–H groups in total. The zero-order valence-corrected chi connectivity index (χ0v) is 10.2. The molecule has 1 aliphatic rings. The predicted molar refractivity (Wildman–Crippen MR) is 62.1 cm³/mol. The maximum absolute atomic E-state index is 5.70. The molecule has 1 aliphatic carbocycles. The molecule has 1 heterocycles. The van der Waals surface area contributed by atoms with E-state index in [0.29, 0.717) is 17.9 Å². The van der Waals surface area contributed by atoms with Gasteiger partial charge in [0.05, 0.1) is 6.04 Å². The predicted octanol–water partition coefficient (Wildman–Crippen LogP) is 1.71. The molecule has 90 valence electrons. The number of anilines is 1. The van der Waals surface area contributed by atoms with Crippen molar-refractivity contribution >= 4 is 6.01 Å². The fourth-order valence-electron chi connectivity index (χ4n) is 1.61. The Balaban J connectivity index is 2.10. The molecule has 0 amide bonds. The Kier molecular flexibility index (Phi) is 3.14. The zero-order valence-electron chi connectivity index (χ0n) is 10.2. The minimum atomic E-state index is -0.198. The van der Waals surface area contributed by atoms with E-state index in [-0.39, 0.29) is 6.04 Å². The van der Waals surface area contributed by atoms with Gasteiger partial charge in [0.1, 0.15) is 0 Å². The molecule has 1 atom stereocenters. The number of nitrogens with two attached hydrogens (primary N) is 1. The lowest BCUT2D eigenvalue weighted by Gasteiger charge is -2.24. The molecule has 5 heteroatoms. The highest BCUT2D eigenvalue weighted by Gasteiger charge is 2.28. The van der Waals surface area contributed by atoms with Crippen LogP contribution in [0.2, 0.25) is 0 Å². The van der Waals surface area contributed by atoms with Crippen molar-refractivity contribution in [2.45, 2.75) is 45.7 Å². The number of hydrogen-bond donors (Lipinski definition) is 1. The lowest BCUT2D eigenvalue weighted by atomic mass is 10.3. The third kappa shape index (κ3) is 2.52. The lowest BCUT2D eigenvalue weighted by molar-refractivity contribution is 0.444.